The van der Waals surface area contributed by atoms with Gasteiger partial charge in [0.2, 0.25) is 0 Å². The summed E-state index contributed by atoms with van der Waals surface area (Å²) in [5.74, 6) is 1.42. The van der Waals surface area contributed by atoms with Crippen LogP contribution in [-0.4, -0.2) is 26.2 Å². The minimum Gasteiger partial charge on any atom is -0.493 e. The van der Waals surface area contributed by atoms with E-state index in [0.29, 0.717) is 12.5 Å². The second-order valence-electron chi connectivity index (χ2n) is 7.98. The molecule has 3 aromatic heterocycles. The van der Waals surface area contributed by atoms with E-state index in [2.05, 4.69) is 40.2 Å². The predicted molar refractivity (Wildman–Crippen MR) is 120 cm³/mol. The van der Waals surface area contributed by atoms with Gasteiger partial charge < -0.3 is 4.74 Å². The van der Waals surface area contributed by atoms with Crippen LogP contribution in [0, 0.1) is 6.92 Å². The van der Waals surface area contributed by atoms with Gasteiger partial charge in [-0.2, -0.15) is 5.10 Å². The average Bonchev–Trinajstić information content (AvgIpc) is 3.43. The first kappa shape index (κ1) is 19.2. The molecule has 4 aromatic rings. The van der Waals surface area contributed by atoms with E-state index in [1.54, 1.807) is 11.3 Å². The SMILES string of the molecule is Cc1ncsc1CCOc1cccc(-c2cnc3ccnn3c2C2CCCCC2)c1. The second-order valence-corrected chi connectivity index (χ2v) is 8.92. The minimum absolute atomic E-state index is 0.526. The van der Waals surface area contributed by atoms with Crippen molar-refractivity contribution in [3.8, 4) is 16.9 Å². The van der Waals surface area contributed by atoms with Crippen molar-refractivity contribution in [1.29, 1.82) is 0 Å². The van der Waals surface area contributed by atoms with Crippen LogP contribution in [0.25, 0.3) is 16.8 Å². The number of nitrogens with zero attached hydrogens (tertiary/aromatic N) is 4. The van der Waals surface area contributed by atoms with Gasteiger partial charge in [-0.3, -0.25) is 0 Å². The predicted octanol–water partition coefficient (Wildman–Crippen LogP) is 5.83. The largest absolute Gasteiger partial charge is 0.493 e. The summed E-state index contributed by atoms with van der Waals surface area (Å²) < 4.78 is 8.14. The van der Waals surface area contributed by atoms with Gasteiger partial charge in [0.25, 0.3) is 0 Å². The molecule has 154 valence electrons. The summed E-state index contributed by atoms with van der Waals surface area (Å²) in [6, 6.07) is 10.4. The number of benzene rings is 1. The third kappa shape index (κ3) is 3.84. The smallest absolute Gasteiger partial charge is 0.155 e. The van der Waals surface area contributed by atoms with Gasteiger partial charge in [-0.15, -0.1) is 11.3 Å². The maximum absolute atomic E-state index is 6.09. The standard InChI is InChI=1S/C24H26N4OS/c1-17-22(30-16-26-17)11-13-29-20-9-5-8-19(14-20)21-15-25-23-10-12-27-28(23)24(21)18-6-3-2-4-7-18/h5,8-10,12,14-16,18H,2-4,6-7,11,13H2,1H3. The molecule has 0 saturated heterocycles. The van der Waals surface area contributed by atoms with Crippen molar-refractivity contribution in [3.63, 3.8) is 0 Å². The van der Waals surface area contributed by atoms with E-state index in [1.807, 2.05) is 34.6 Å². The normalized spacial score (nSPS) is 15.0. The van der Waals surface area contributed by atoms with Crippen LogP contribution in [0.15, 0.2) is 48.2 Å². The van der Waals surface area contributed by atoms with Gasteiger partial charge in [-0.05, 0) is 37.5 Å². The molecule has 0 bridgehead atoms. The van der Waals surface area contributed by atoms with Gasteiger partial charge >= 0.3 is 0 Å². The number of ether oxygens (including phenoxy) is 1. The summed E-state index contributed by atoms with van der Waals surface area (Å²) in [5, 5.41) is 4.61. The molecule has 1 saturated carbocycles. The van der Waals surface area contributed by atoms with Crippen molar-refractivity contribution in [2.45, 2.75) is 51.4 Å². The molecule has 0 spiro atoms. The van der Waals surface area contributed by atoms with Gasteiger partial charge in [0.1, 0.15) is 5.75 Å². The topological polar surface area (TPSA) is 52.3 Å². The third-order valence-electron chi connectivity index (χ3n) is 6.03. The zero-order valence-electron chi connectivity index (χ0n) is 17.3. The Morgan fingerprint density at radius 2 is 2.03 bits per heavy atom. The number of fused-ring (bicyclic) bond motifs is 1. The maximum atomic E-state index is 6.09. The first-order chi connectivity index (χ1) is 14.8. The highest BCUT2D eigenvalue weighted by molar-refractivity contribution is 7.09. The van der Waals surface area contributed by atoms with E-state index in [1.165, 1.54) is 48.2 Å². The Morgan fingerprint density at radius 1 is 1.13 bits per heavy atom. The fourth-order valence-corrected chi connectivity index (χ4v) is 5.23. The zero-order chi connectivity index (χ0) is 20.3. The van der Waals surface area contributed by atoms with Crippen LogP contribution in [-0.2, 0) is 6.42 Å². The Bertz CT molecular complexity index is 1140. The Labute approximate surface area is 180 Å². The fraction of sp³-hybridized carbons (Fsp3) is 0.375. The van der Waals surface area contributed by atoms with E-state index in [-0.39, 0.29) is 0 Å². The number of aryl methyl sites for hydroxylation is 1. The first-order valence-corrected chi connectivity index (χ1v) is 11.6. The Hall–Kier alpha value is -2.73. The highest BCUT2D eigenvalue weighted by Crippen LogP contribution is 2.38. The molecule has 1 aliphatic rings. The summed E-state index contributed by atoms with van der Waals surface area (Å²) in [5.41, 5.74) is 7.53. The average molecular weight is 419 g/mol. The minimum atomic E-state index is 0.526. The second kappa shape index (κ2) is 8.56. The summed E-state index contributed by atoms with van der Waals surface area (Å²) in [6.07, 6.45) is 11.1. The monoisotopic (exact) mass is 418 g/mol. The first-order valence-electron chi connectivity index (χ1n) is 10.7. The van der Waals surface area contributed by atoms with E-state index >= 15 is 0 Å². The van der Waals surface area contributed by atoms with E-state index in [4.69, 9.17) is 4.74 Å². The van der Waals surface area contributed by atoms with Crippen LogP contribution in [0.3, 0.4) is 0 Å². The quantitative estimate of drug-likeness (QED) is 0.395. The number of thiazole rings is 1. The van der Waals surface area contributed by atoms with Gasteiger partial charge in [0.05, 0.1) is 29.7 Å². The van der Waals surface area contributed by atoms with Crippen LogP contribution in [0.4, 0.5) is 0 Å². The van der Waals surface area contributed by atoms with Crippen LogP contribution in [0.1, 0.15) is 54.3 Å². The molecular weight excluding hydrogens is 392 g/mol. The van der Waals surface area contributed by atoms with Crippen molar-refractivity contribution in [2.75, 3.05) is 6.61 Å². The molecule has 0 N–H and O–H groups in total. The van der Waals surface area contributed by atoms with Gasteiger partial charge in [0, 0.05) is 35.0 Å². The molecule has 6 heteroatoms. The van der Waals surface area contributed by atoms with Crippen molar-refractivity contribution in [2.24, 2.45) is 0 Å². The number of rotatable bonds is 6. The molecule has 0 atom stereocenters. The molecule has 0 amide bonds. The van der Waals surface area contributed by atoms with Crippen molar-refractivity contribution in [3.05, 3.63) is 64.5 Å². The lowest BCUT2D eigenvalue weighted by atomic mass is 9.84. The molecule has 0 aliphatic heterocycles. The van der Waals surface area contributed by atoms with Crippen LogP contribution in [0.2, 0.25) is 0 Å². The molecule has 5 rings (SSSR count). The highest BCUT2D eigenvalue weighted by Gasteiger charge is 2.23. The van der Waals surface area contributed by atoms with Gasteiger partial charge in [-0.1, -0.05) is 31.4 Å². The summed E-state index contributed by atoms with van der Waals surface area (Å²) in [7, 11) is 0. The van der Waals surface area contributed by atoms with E-state index in [0.717, 1.165) is 29.1 Å². The van der Waals surface area contributed by atoms with Crippen LogP contribution < -0.4 is 4.74 Å². The molecule has 30 heavy (non-hydrogen) atoms. The Kier molecular flexibility index (Phi) is 5.49. The lowest BCUT2D eigenvalue weighted by molar-refractivity contribution is 0.323. The molecule has 5 nitrogen and oxygen atoms in total. The van der Waals surface area contributed by atoms with E-state index in [9.17, 15) is 0 Å². The molecule has 1 fully saturated rings. The Balaban J connectivity index is 1.43. The molecule has 3 heterocycles. The number of hydrogen-bond donors (Lipinski definition) is 0. The van der Waals surface area contributed by atoms with Gasteiger partial charge in [0.15, 0.2) is 5.65 Å². The van der Waals surface area contributed by atoms with Crippen LogP contribution in [0.5, 0.6) is 5.75 Å². The molecule has 1 aliphatic carbocycles. The summed E-state index contributed by atoms with van der Waals surface area (Å²) in [4.78, 5) is 10.3. The lowest BCUT2D eigenvalue weighted by Crippen LogP contribution is -2.12. The molecule has 0 unspecified atom stereocenters. The molecule has 1 aromatic carbocycles. The highest BCUT2D eigenvalue weighted by atomic mass is 32.1. The fourth-order valence-electron chi connectivity index (χ4n) is 4.46. The summed E-state index contributed by atoms with van der Waals surface area (Å²) in [6.45, 7) is 2.70. The van der Waals surface area contributed by atoms with Crippen molar-refractivity contribution < 1.29 is 4.74 Å². The van der Waals surface area contributed by atoms with Crippen molar-refractivity contribution >= 4 is 17.0 Å². The summed E-state index contributed by atoms with van der Waals surface area (Å²) >= 11 is 1.70. The number of aromatic nitrogens is 4. The number of hydrogen-bond acceptors (Lipinski definition) is 5. The Morgan fingerprint density at radius 3 is 2.87 bits per heavy atom. The molecular formula is C24H26N4OS. The maximum Gasteiger partial charge on any atom is 0.155 e. The molecule has 0 radical (unpaired) electrons. The lowest BCUT2D eigenvalue weighted by Gasteiger charge is -2.25. The van der Waals surface area contributed by atoms with Crippen LogP contribution >= 0.6 is 11.3 Å². The van der Waals surface area contributed by atoms with Gasteiger partial charge in [-0.25, -0.2) is 14.5 Å². The zero-order valence-corrected chi connectivity index (χ0v) is 18.1. The van der Waals surface area contributed by atoms with E-state index < -0.39 is 0 Å². The van der Waals surface area contributed by atoms with Crippen molar-refractivity contribution in [1.82, 2.24) is 19.6 Å². The third-order valence-corrected chi connectivity index (χ3v) is 7.03.